The van der Waals surface area contributed by atoms with Gasteiger partial charge in [0.05, 0.1) is 11.8 Å². The van der Waals surface area contributed by atoms with E-state index in [0.717, 1.165) is 11.3 Å². The van der Waals surface area contributed by atoms with Crippen LogP contribution < -0.4 is 5.32 Å². The van der Waals surface area contributed by atoms with Crippen molar-refractivity contribution in [3.8, 4) is 0 Å². The number of carboxylic acids is 1. The molecule has 26 heavy (non-hydrogen) atoms. The van der Waals surface area contributed by atoms with Crippen molar-refractivity contribution in [2.45, 2.75) is 18.5 Å². The molecule has 2 N–H and O–H groups in total. The minimum atomic E-state index is -4.63. The number of likely N-dealkylation sites (tertiary alicyclic amines) is 1. The Balaban J connectivity index is 1.33. The number of halogens is 3. The van der Waals surface area contributed by atoms with Crippen LogP contribution in [0.15, 0.2) is 24.3 Å². The zero-order valence-corrected chi connectivity index (χ0v) is 13.9. The third-order valence-corrected chi connectivity index (χ3v) is 6.04. The molecule has 0 aromatic heterocycles. The molecule has 2 fully saturated rings. The first-order valence-electron chi connectivity index (χ1n) is 8.67. The molecule has 2 aliphatic carbocycles. The first kappa shape index (κ1) is 17.2. The van der Waals surface area contributed by atoms with Crippen LogP contribution in [0.5, 0.6) is 0 Å². The minimum Gasteiger partial charge on any atom is -0.481 e. The topological polar surface area (TPSA) is 69.6 Å². The molecular weight excluding hydrogens is 349 g/mol. The highest BCUT2D eigenvalue weighted by atomic mass is 19.4. The summed E-state index contributed by atoms with van der Waals surface area (Å²) in [6, 6.07) is 7.58. The number of amides is 2. The number of carboxylic acid groups (broad SMARTS) is 1. The first-order valence-corrected chi connectivity index (χ1v) is 8.67. The van der Waals surface area contributed by atoms with E-state index in [4.69, 9.17) is 5.11 Å². The van der Waals surface area contributed by atoms with Gasteiger partial charge in [-0.25, -0.2) is 4.79 Å². The van der Waals surface area contributed by atoms with Crippen molar-refractivity contribution in [1.82, 2.24) is 10.2 Å². The first-order chi connectivity index (χ1) is 12.3. The third-order valence-electron chi connectivity index (χ3n) is 6.04. The molecule has 1 aliphatic heterocycles. The normalized spacial score (nSPS) is 32.1. The Kier molecular flexibility index (Phi) is 3.89. The zero-order valence-electron chi connectivity index (χ0n) is 13.9. The van der Waals surface area contributed by atoms with E-state index >= 15 is 0 Å². The molecule has 0 bridgehead atoms. The molecule has 1 aromatic rings. The van der Waals surface area contributed by atoms with Gasteiger partial charge in [-0.05, 0) is 35.3 Å². The van der Waals surface area contributed by atoms with E-state index in [0.29, 0.717) is 24.3 Å². The number of alkyl halides is 3. The average Bonchev–Trinajstić information content (AvgIpc) is 2.96. The van der Waals surface area contributed by atoms with Crippen molar-refractivity contribution < 1.29 is 27.9 Å². The third kappa shape index (κ3) is 2.81. The summed E-state index contributed by atoms with van der Waals surface area (Å²) in [6.45, 7) is -0.605. The molecule has 8 heteroatoms. The Morgan fingerprint density at radius 2 is 1.96 bits per heavy atom. The fraction of sp³-hybridized carbons (Fsp3) is 0.556. The Hall–Kier alpha value is -2.25. The summed E-state index contributed by atoms with van der Waals surface area (Å²) in [5.41, 5.74) is 2.64. The van der Waals surface area contributed by atoms with Crippen molar-refractivity contribution >= 4 is 12.0 Å². The molecule has 5 atom stereocenters. The summed E-state index contributed by atoms with van der Waals surface area (Å²) in [6.07, 6.45) is -3.66. The summed E-state index contributed by atoms with van der Waals surface area (Å²) in [5, 5.41) is 11.7. The van der Waals surface area contributed by atoms with E-state index in [2.05, 4.69) is 17.4 Å². The van der Waals surface area contributed by atoms with Gasteiger partial charge >= 0.3 is 18.2 Å². The number of hydrogen-bond acceptors (Lipinski definition) is 2. The number of nitrogens with zero attached hydrogens (tertiary/aromatic N) is 1. The van der Waals surface area contributed by atoms with Crippen LogP contribution >= 0.6 is 0 Å². The van der Waals surface area contributed by atoms with E-state index in [1.165, 1.54) is 11.1 Å². The van der Waals surface area contributed by atoms with Gasteiger partial charge in [0.2, 0.25) is 0 Å². The molecule has 4 rings (SSSR count). The molecule has 3 aliphatic rings. The number of urea groups is 1. The van der Waals surface area contributed by atoms with E-state index in [1.807, 2.05) is 12.1 Å². The van der Waals surface area contributed by atoms with Crippen molar-refractivity contribution in [3.63, 3.8) is 0 Å². The minimum absolute atomic E-state index is 0.310. The number of benzene rings is 1. The number of nitrogens with one attached hydrogen (secondary N) is 1. The van der Waals surface area contributed by atoms with Crippen LogP contribution in [0, 0.1) is 23.7 Å². The Morgan fingerprint density at radius 1 is 1.23 bits per heavy atom. The number of rotatable bonds is 3. The van der Waals surface area contributed by atoms with Crippen LogP contribution in [-0.2, 0) is 11.2 Å². The molecule has 1 heterocycles. The van der Waals surface area contributed by atoms with Crippen LogP contribution in [0.3, 0.4) is 0 Å². The van der Waals surface area contributed by atoms with Crippen molar-refractivity contribution in [2.24, 2.45) is 23.7 Å². The largest absolute Gasteiger partial charge is 0.481 e. The summed E-state index contributed by atoms with van der Waals surface area (Å²) >= 11 is 0. The fourth-order valence-corrected chi connectivity index (χ4v) is 4.63. The highest BCUT2D eigenvalue weighted by molar-refractivity contribution is 5.77. The van der Waals surface area contributed by atoms with Gasteiger partial charge in [-0.15, -0.1) is 0 Å². The van der Waals surface area contributed by atoms with Gasteiger partial charge in [-0.2, -0.15) is 13.2 Å². The maximum atomic E-state index is 13.0. The highest BCUT2D eigenvalue weighted by Crippen LogP contribution is 2.60. The number of carbonyl (C=O) groups excluding carboxylic acids is 1. The number of aliphatic carboxylic acids is 1. The predicted molar refractivity (Wildman–Crippen MR) is 85.5 cm³/mol. The smallest absolute Gasteiger partial charge is 0.394 e. The fourth-order valence-electron chi connectivity index (χ4n) is 4.63. The SMILES string of the molecule is O=C(O)[C@@H]1CN(C(=O)NCC2C3Cc4ccccc4C23)C[C@H]1C(F)(F)F. The van der Waals surface area contributed by atoms with Gasteiger partial charge < -0.3 is 15.3 Å². The predicted octanol–water partition coefficient (Wildman–Crippen LogP) is 2.48. The van der Waals surface area contributed by atoms with Crippen LogP contribution in [0.25, 0.3) is 0 Å². The lowest BCUT2D eigenvalue weighted by atomic mass is 9.96. The maximum Gasteiger partial charge on any atom is 0.394 e. The molecule has 1 aromatic carbocycles. The van der Waals surface area contributed by atoms with Crippen LogP contribution in [-0.4, -0.2) is 47.8 Å². The number of fused-ring (bicyclic) bond motifs is 3. The van der Waals surface area contributed by atoms with E-state index in [1.54, 1.807) is 0 Å². The van der Waals surface area contributed by atoms with Crippen LogP contribution in [0.2, 0.25) is 0 Å². The Morgan fingerprint density at radius 3 is 2.62 bits per heavy atom. The van der Waals surface area contributed by atoms with Gasteiger partial charge in [-0.1, -0.05) is 24.3 Å². The number of carbonyl (C=O) groups is 2. The van der Waals surface area contributed by atoms with Gasteiger partial charge in [0, 0.05) is 19.6 Å². The zero-order chi connectivity index (χ0) is 18.6. The summed E-state index contributed by atoms with van der Waals surface area (Å²) in [4.78, 5) is 24.3. The van der Waals surface area contributed by atoms with Crippen molar-refractivity contribution in [3.05, 3.63) is 35.4 Å². The lowest BCUT2D eigenvalue weighted by molar-refractivity contribution is -0.187. The second-order valence-electron chi connectivity index (χ2n) is 7.44. The second kappa shape index (κ2) is 5.89. The molecule has 2 amide bonds. The van der Waals surface area contributed by atoms with E-state index in [-0.39, 0.29) is 0 Å². The molecule has 0 spiro atoms. The molecule has 0 radical (unpaired) electrons. The molecule has 5 nitrogen and oxygen atoms in total. The second-order valence-corrected chi connectivity index (χ2v) is 7.44. The van der Waals surface area contributed by atoms with Gasteiger partial charge in [0.25, 0.3) is 0 Å². The standard InChI is InChI=1S/C18H19F3N2O3/c19-18(20,21)14-8-23(7-13(14)16(24)25)17(26)22-6-12-11-5-9-3-1-2-4-10(9)15(11)12/h1-4,11-15H,5-8H2,(H,22,26)(H,24,25)/t11?,12?,13-,14-,15?/m1/s1. The van der Waals surface area contributed by atoms with E-state index in [9.17, 15) is 22.8 Å². The Labute approximate surface area is 148 Å². The van der Waals surface area contributed by atoms with E-state index < -0.39 is 43.1 Å². The summed E-state index contributed by atoms with van der Waals surface area (Å²) in [7, 11) is 0. The quantitative estimate of drug-likeness (QED) is 0.861. The summed E-state index contributed by atoms with van der Waals surface area (Å²) < 4.78 is 39.0. The molecule has 1 saturated carbocycles. The van der Waals surface area contributed by atoms with Gasteiger partial charge in [0.1, 0.15) is 0 Å². The molecule has 3 unspecified atom stereocenters. The monoisotopic (exact) mass is 368 g/mol. The number of hydrogen-bond donors (Lipinski definition) is 2. The van der Waals surface area contributed by atoms with Crippen LogP contribution in [0.1, 0.15) is 17.0 Å². The average molecular weight is 368 g/mol. The lowest BCUT2D eigenvalue weighted by Gasteiger charge is -2.19. The van der Waals surface area contributed by atoms with Gasteiger partial charge in [0.15, 0.2) is 0 Å². The van der Waals surface area contributed by atoms with Gasteiger partial charge in [-0.3, -0.25) is 4.79 Å². The molecule has 140 valence electrons. The van der Waals surface area contributed by atoms with Crippen molar-refractivity contribution in [2.75, 3.05) is 19.6 Å². The summed E-state index contributed by atoms with van der Waals surface area (Å²) in [5.74, 6) is -3.92. The Bertz CT molecular complexity index is 751. The molecular formula is C18H19F3N2O3. The van der Waals surface area contributed by atoms with Crippen molar-refractivity contribution in [1.29, 1.82) is 0 Å². The lowest BCUT2D eigenvalue weighted by Crippen LogP contribution is -2.40. The molecule has 1 saturated heterocycles. The van der Waals surface area contributed by atoms with Crippen LogP contribution in [0.4, 0.5) is 18.0 Å². The highest BCUT2D eigenvalue weighted by Gasteiger charge is 2.56. The maximum absolute atomic E-state index is 13.0.